The summed E-state index contributed by atoms with van der Waals surface area (Å²) in [5.74, 6) is 1.65. The van der Waals surface area contributed by atoms with Gasteiger partial charge in [-0.3, -0.25) is 4.98 Å². The van der Waals surface area contributed by atoms with Crippen molar-refractivity contribution in [1.82, 2.24) is 14.5 Å². The first-order chi connectivity index (χ1) is 12.9. The second-order valence-corrected chi connectivity index (χ2v) is 5.90. The van der Waals surface area contributed by atoms with Gasteiger partial charge in [0.05, 0.1) is 24.6 Å². The zero-order valence-corrected chi connectivity index (χ0v) is 14.3. The molecule has 0 aliphatic rings. The van der Waals surface area contributed by atoms with Crippen molar-refractivity contribution in [3.05, 3.63) is 84.9 Å². The van der Waals surface area contributed by atoms with Crippen LogP contribution in [0.3, 0.4) is 0 Å². The number of hydrogen-bond acceptors (Lipinski definition) is 4. The number of ether oxygens (including phenoxy) is 2. The van der Waals surface area contributed by atoms with Gasteiger partial charge in [-0.2, -0.15) is 0 Å². The van der Waals surface area contributed by atoms with Crippen LogP contribution in [0.4, 0.5) is 0 Å². The van der Waals surface area contributed by atoms with Crippen molar-refractivity contribution in [1.29, 1.82) is 0 Å². The van der Waals surface area contributed by atoms with Crippen LogP contribution in [-0.2, 0) is 13.2 Å². The minimum Gasteiger partial charge on any atom is -0.492 e. The summed E-state index contributed by atoms with van der Waals surface area (Å²) >= 11 is 0. The Morgan fingerprint density at radius 1 is 0.846 bits per heavy atom. The van der Waals surface area contributed by atoms with Crippen molar-refractivity contribution >= 4 is 11.0 Å². The second kappa shape index (κ2) is 7.70. The molecule has 0 saturated carbocycles. The molecule has 5 heteroatoms. The third-order valence-corrected chi connectivity index (χ3v) is 4.10. The minimum absolute atomic E-state index is 0.559. The van der Waals surface area contributed by atoms with Crippen LogP contribution in [0.1, 0.15) is 5.56 Å². The Morgan fingerprint density at radius 2 is 1.62 bits per heavy atom. The molecule has 0 amide bonds. The first kappa shape index (κ1) is 16.1. The highest BCUT2D eigenvalue weighted by Crippen LogP contribution is 2.19. The van der Waals surface area contributed by atoms with E-state index < -0.39 is 0 Å². The third kappa shape index (κ3) is 3.83. The number of rotatable bonds is 7. The van der Waals surface area contributed by atoms with Gasteiger partial charge in [-0.05, 0) is 35.9 Å². The summed E-state index contributed by atoms with van der Waals surface area (Å²) in [6.45, 7) is 1.86. The normalized spacial score (nSPS) is 10.8. The molecule has 0 saturated heterocycles. The van der Waals surface area contributed by atoms with Gasteiger partial charge in [0.1, 0.15) is 30.2 Å². The van der Waals surface area contributed by atoms with Crippen LogP contribution >= 0.6 is 0 Å². The molecule has 4 aromatic rings. The van der Waals surface area contributed by atoms with Gasteiger partial charge < -0.3 is 14.0 Å². The predicted molar refractivity (Wildman–Crippen MR) is 100 cm³/mol. The second-order valence-electron chi connectivity index (χ2n) is 5.90. The topological polar surface area (TPSA) is 49.2 Å². The number of fused-ring (bicyclic) bond motifs is 1. The molecule has 0 bridgehead atoms. The summed E-state index contributed by atoms with van der Waals surface area (Å²) in [6, 6.07) is 19.8. The van der Waals surface area contributed by atoms with E-state index in [1.165, 1.54) is 0 Å². The van der Waals surface area contributed by atoms with Gasteiger partial charge in [-0.25, -0.2) is 4.98 Å². The van der Waals surface area contributed by atoms with Crippen LogP contribution in [0.25, 0.3) is 11.0 Å². The van der Waals surface area contributed by atoms with Crippen molar-refractivity contribution in [3.63, 3.8) is 0 Å². The summed E-state index contributed by atoms with van der Waals surface area (Å²) < 4.78 is 13.7. The fourth-order valence-electron chi connectivity index (χ4n) is 2.73. The Labute approximate surface area is 151 Å². The largest absolute Gasteiger partial charge is 0.492 e. The Bertz CT molecular complexity index is 965. The maximum absolute atomic E-state index is 5.83. The molecule has 0 radical (unpaired) electrons. The molecule has 5 nitrogen and oxygen atoms in total. The molecule has 2 heterocycles. The molecular weight excluding hydrogens is 326 g/mol. The highest BCUT2D eigenvalue weighted by molar-refractivity contribution is 5.73. The highest BCUT2D eigenvalue weighted by Gasteiger charge is 2.02. The van der Waals surface area contributed by atoms with E-state index >= 15 is 0 Å². The molecule has 0 unspecified atom stereocenters. The van der Waals surface area contributed by atoms with Gasteiger partial charge in [0.25, 0.3) is 0 Å². The zero-order valence-electron chi connectivity index (χ0n) is 14.3. The summed E-state index contributed by atoms with van der Waals surface area (Å²) in [6.07, 6.45) is 5.35. The number of aromatic nitrogens is 3. The van der Waals surface area contributed by atoms with Gasteiger partial charge in [-0.15, -0.1) is 0 Å². The molecule has 0 atom stereocenters. The average molecular weight is 345 g/mol. The Hall–Kier alpha value is -3.34. The molecule has 4 rings (SSSR count). The summed E-state index contributed by atoms with van der Waals surface area (Å²) in [4.78, 5) is 8.41. The van der Waals surface area contributed by atoms with Crippen LogP contribution in [0.2, 0.25) is 0 Å². The lowest BCUT2D eigenvalue weighted by Crippen LogP contribution is -2.07. The quantitative estimate of drug-likeness (QED) is 0.506. The van der Waals surface area contributed by atoms with Gasteiger partial charge in [0.2, 0.25) is 0 Å². The van der Waals surface area contributed by atoms with E-state index in [0.29, 0.717) is 13.2 Å². The van der Waals surface area contributed by atoms with E-state index in [2.05, 4.69) is 14.5 Å². The van der Waals surface area contributed by atoms with Crippen LogP contribution in [0, 0.1) is 0 Å². The monoisotopic (exact) mass is 345 g/mol. The van der Waals surface area contributed by atoms with Crippen molar-refractivity contribution in [3.8, 4) is 11.5 Å². The first-order valence-electron chi connectivity index (χ1n) is 8.53. The smallest absolute Gasteiger partial charge is 0.120 e. The summed E-state index contributed by atoms with van der Waals surface area (Å²) in [5, 5.41) is 0. The van der Waals surface area contributed by atoms with Crippen LogP contribution in [0.15, 0.2) is 79.4 Å². The molecule has 0 aliphatic carbocycles. The van der Waals surface area contributed by atoms with Crippen molar-refractivity contribution in [2.75, 3.05) is 6.61 Å². The van der Waals surface area contributed by atoms with E-state index in [-0.39, 0.29) is 0 Å². The molecule has 2 aromatic heterocycles. The fraction of sp³-hybridized carbons (Fsp3) is 0.143. The SMILES string of the molecule is c1ccc(COc2ccc(OCCn3cnc4cnccc43)cc2)cc1. The van der Waals surface area contributed by atoms with Crippen LogP contribution in [-0.4, -0.2) is 21.1 Å². The standard InChI is InChI=1S/C21H19N3O2/c1-2-4-17(5-3-1)15-26-19-8-6-18(7-9-19)25-13-12-24-16-23-20-14-22-11-10-21(20)24/h1-11,14,16H,12-13,15H2. The molecule has 26 heavy (non-hydrogen) atoms. The zero-order chi connectivity index (χ0) is 17.6. The lowest BCUT2D eigenvalue weighted by Gasteiger charge is -2.09. The number of hydrogen-bond donors (Lipinski definition) is 0. The third-order valence-electron chi connectivity index (χ3n) is 4.10. The minimum atomic E-state index is 0.559. The first-order valence-corrected chi connectivity index (χ1v) is 8.53. The summed E-state index contributed by atoms with van der Waals surface area (Å²) in [5.41, 5.74) is 3.11. The average Bonchev–Trinajstić information content (AvgIpc) is 3.11. The molecular formula is C21H19N3O2. The van der Waals surface area contributed by atoms with E-state index in [1.807, 2.05) is 67.0 Å². The lowest BCUT2D eigenvalue weighted by atomic mass is 10.2. The molecule has 0 fully saturated rings. The molecule has 0 N–H and O–H groups in total. The van der Waals surface area contributed by atoms with Crippen molar-refractivity contribution in [2.24, 2.45) is 0 Å². The number of benzene rings is 2. The van der Waals surface area contributed by atoms with Crippen LogP contribution < -0.4 is 9.47 Å². The Morgan fingerprint density at radius 3 is 2.42 bits per heavy atom. The van der Waals surface area contributed by atoms with Gasteiger partial charge in [0, 0.05) is 6.20 Å². The number of nitrogens with zero attached hydrogens (tertiary/aromatic N) is 3. The molecule has 0 spiro atoms. The van der Waals surface area contributed by atoms with Crippen molar-refractivity contribution in [2.45, 2.75) is 13.2 Å². The molecule has 0 aliphatic heterocycles. The van der Waals surface area contributed by atoms with Gasteiger partial charge in [-0.1, -0.05) is 30.3 Å². The number of imidazole rings is 1. The maximum Gasteiger partial charge on any atom is 0.120 e. The molecule has 130 valence electrons. The van der Waals surface area contributed by atoms with E-state index in [4.69, 9.17) is 9.47 Å². The number of pyridine rings is 1. The van der Waals surface area contributed by atoms with E-state index in [9.17, 15) is 0 Å². The lowest BCUT2D eigenvalue weighted by molar-refractivity contribution is 0.294. The predicted octanol–water partition coefficient (Wildman–Crippen LogP) is 4.09. The fourth-order valence-corrected chi connectivity index (χ4v) is 2.73. The van der Waals surface area contributed by atoms with E-state index in [1.54, 1.807) is 12.4 Å². The maximum atomic E-state index is 5.83. The Balaban J connectivity index is 1.29. The van der Waals surface area contributed by atoms with Crippen LogP contribution in [0.5, 0.6) is 11.5 Å². The highest BCUT2D eigenvalue weighted by atomic mass is 16.5. The van der Waals surface area contributed by atoms with Gasteiger partial charge >= 0.3 is 0 Å². The van der Waals surface area contributed by atoms with E-state index in [0.717, 1.165) is 34.6 Å². The Kier molecular flexibility index (Phi) is 4.78. The van der Waals surface area contributed by atoms with Gasteiger partial charge in [0.15, 0.2) is 0 Å². The molecule has 2 aromatic carbocycles. The summed E-state index contributed by atoms with van der Waals surface area (Å²) in [7, 11) is 0. The van der Waals surface area contributed by atoms with Crippen molar-refractivity contribution < 1.29 is 9.47 Å².